The number of esters is 1. The van der Waals surface area contributed by atoms with Crippen LogP contribution in [0.1, 0.15) is 54.5 Å². The van der Waals surface area contributed by atoms with E-state index in [0.717, 1.165) is 29.6 Å². The van der Waals surface area contributed by atoms with Crippen molar-refractivity contribution < 1.29 is 29.3 Å². The number of rotatable bonds is 1. The molecule has 3 aliphatic heterocycles. The maximum Gasteiger partial charge on any atom is 0.309 e. The van der Waals surface area contributed by atoms with E-state index in [1.54, 1.807) is 19.9 Å². The lowest BCUT2D eigenvalue weighted by atomic mass is 9.79. The van der Waals surface area contributed by atoms with Crippen LogP contribution < -0.4 is 0 Å². The molecular formula is C22H21NO6. The number of aromatic nitrogens is 1. The Kier molecular flexibility index (Phi) is 3.26. The van der Waals surface area contributed by atoms with E-state index in [-0.39, 0.29) is 35.5 Å². The third kappa shape index (κ3) is 1.99. The lowest BCUT2D eigenvalue weighted by molar-refractivity contribution is -0.140. The van der Waals surface area contributed by atoms with Crippen LogP contribution in [-0.4, -0.2) is 50.9 Å². The van der Waals surface area contributed by atoms with Gasteiger partial charge in [-0.15, -0.1) is 0 Å². The van der Waals surface area contributed by atoms with Crippen LogP contribution in [-0.2, 0) is 20.7 Å². The average Bonchev–Trinajstić information content (AvgIpc) is 3.32. The summed E-state index contributed by atoms with van der Waals surface area (Å²) in [6.45, 7) is 3.57. The number of aryl methyl sites for hydroxylation is 1. The number of aromatic hydroxyl groups is 1. The summed E-state index contributed by atoms with van der Waals surface area (Å²) in [6.07, 6.45) is -0.457. The molecule has 5 unspecified atom stereocenters. The number of nitrogens with zero attached hydrogens (tertiary/aromatic N) is 1. The first-order chi connectivity index (χ1) is 13.9. The van der Waals surface area contributed by atoms with Crippen molar-refractivity contribution in [2.45, 2.75) is 63.6 Å². The first kappa shape index (κ1) is 17.2. The Bertz CT molecular complexity index is 1160. The highest BCUT2D eigenvalue weighted by Gasteiger charge is 2.51. The van der Waals surface area contributed by atoms with Crippen LogP contribution in [0.4, 0.5) is 0 Å². The molecular weight excluding hydrogens is 374 g/mol. The van der Waals surface area contributed by atoms with Gasteiger partial charge in [0.15, 0.2) is 11.9 Å². The van der Waals surface area contributed by atoms with Crippen LogP contribution >= 0.6 is 0 Å². The Balaban J connectivity index is 1.75. The number of aliphatic hydroxyl groups is 1. The summed E-state index contributed by atoms with van der Waals surface area (Å²) in [5.74, 6) is -0.681. The smallest absolute Gasteiger partial charge is 0.309 e. The van der Waals surface area contributed by atoms with Gasteiger partial charge >= 0.3 is 5.97 Å². The summed E-state index contributed by atoms with van der Waals surface area (Å²) in [4.78, 5) is 25.5. The fourth-order valence-electron chi connectivity index (χ4n) is 5.76. The van der Waals surface area contributed by atoms with Gasteiger partial charge in [0.2, 0.25) is 0 Å². The molecule has 0 radical (unpaired) electrons. The third-order valence-corrected chi connectivity index (χ3v) is 6.88. The van der Waals surface area contributed by atoms with Crippen LogP contribution in [0, 0.1) is 0 Å². The highest BCUT2D eigenvalue weighted by Crippen LogP contribution is 2.52. The van der Waals surface area contributed by atoms with Crippen molar-refractivity contribution in [3.8, 4) is 5.75 Å². The van der Waals surface area contributed by atoms with Crippen molar-refractivity contribution in [3.05, 3.63) is 34.7 Å². The Morgan fingerprint density at radius 1 is 1.24 bits per heavy atom. The van der Waals surface area contributed by atoms with E-state index in [4.69, 9.17) is 9.47 Å². The molecule has 0 saturated carbocycles. The molecule has 0 amide bonds. The second kappa shape index (κ2) is 5.49. The van der Waals surface area contributed by atoms with E-state index in [1.165, 1.54) is 0 Å². The van der Waals surface area contributed by atoms with Crippen LogP contribution in [0.15, 0.2) is 17.7 Å². The number of ether oxygens (including phenoxy) is 2. The second-order valence-electron chi connectivity index (χ2n) is 8.48. The number of phenolic OH excluding ortho intramolecular Hbond substituents is 1. The van der Waals surface area contributed by atoms with Gasteiger partial charge in [0, 0.05) is 27.6 Å². The molecule has 150 valence electrons. The zero-order valence-corrected chi connectivity index (χ0v) is 16.1. The number of hydrogen-bond acceptors (Lipinski definition) is 6. The quantitative estimate of drug-likeness (QED) is 0.719. The molecule has 6 rings (SSSR count). The van der Waals surface area contributed by atoms with Crippen molar-refractivity contribution in [1.82, 2.24) is 4.57 Å². The van der Waals surface area contributed by atoms with E-state index in [0.29, 0.717) is 16.5 Å². The number of benzene rings is 1. The summed E-state index contributed by atoms with van der Waals surface area (Å²) in [5.41, 5.74) is 3.24. The molecule has 4 aliphatic rings. The molecule has 7 nitrogen and oxygen atoms in total. The Morgan fingerprint density at radius 2 is 2.03 bits per heavy atom. The van der Waals surface area contributed by atoms with E-state index in [9.17, 15) is 19.8 Å². The molecule has 0 bridgehead atoms. The van der Waals surface area contributed by atoms with E-state index >= 15 is 0 Å². The first-order valence-corrected chi connectivity index (χ1v) is 10.1. The normalized spacial score (nSPS) is 31.0. The Hall–Kier alpha value is -2.64. The Morgan fingerprint density at radius 3 is 2.79 bits per heavy atom. The van der Waals surface area contributed by atoms with Gasteiger partial charge < -0.3 is 24.3 Å². The fourth-order valence-corrected chi connectivity index (χ4v) is 5.76. The third-order valence-electron chi connectivity index (χ3n) is 6.88. The van der Waals surface area contributed by atoms with Crippen molar-refractivity contribution in [2.75, 3.05) is 0 Å². The van der Waals surface area contributed by atoms with Gasteiger partial charge in [-0.1, -0.05) is 0 Å². The second-order valence-corrected chi connectivity index (χ2v) is 8.48. The van der Waals surface area contributed by atoms with Crippen molar-refractivity contribution >= 4 is 28.1 Å². The van der Waals surface area contributed by atoms with E-state index in [2.05, 4.69) is 4.57 Å². The van der Waals surface area contributed by atoms with Crippen LogP contribution in [0.5, 0.6) is 5.75 Å². The topological polar surface area (TPSA) is 98.0 Å². The fraction of sp³-hybridized carbons (Fsp3) is 0.455. The molecule has 5 atom stereocenters. The molecule has 1 aromatic heterocycles. The predicted molar refractivity (Wildman–Crippen MR) is 103 cm³/mol. The summed E-state index contributed by atoms with van der Waals surface area (Å²) in [7, 11) is 0. The van der Waals surface area contributed by atoms with Crippen LogP contribution in [0.3, 0.4) is 0 Å². The highest BCUT2D eigenvalue weighted by atomic mass is 16.6. The lowest BCUT2D eigenvalue weighted by Crippen LogP contribution is -2.41. The molecule has 2 N–H and O–H groups in total. The molecule has 1 aliphatic carbocycles. The van der Waals surface area contributed by atoms with Gasteiger partial charge in [0.1, 0.15) is 11.9 Å². The van der Waals surface area contributed by atoms with E-state index in [1.807, 2.05) is 6.07 Å². The molecule has 1 saturated heterocycles. The SMILES string of the molecule is CC1OC2CC(=O)OC2C2=C1C(=O)c1c(O)ccc3c4n(c2c13)C(C(C)O)CC4. The van der Waals surface area contributed by atoms with Gasteiger partial charge in [-0.2, -0.15) is 0 Å². The summed E-state index contributed by atoms with van der Waals surface area (Å²) >= 11 is 0. The largest absolute Gasteiger partial charge is 0.507 e. The molecule has 7 heteroatoms. The van der Waals surface area contributed by atoms with Gasteiger partial charge in [-0.3, -0.25) is 9.59 Å². The molecule has 1 fully saturated rings. The number of aliphatic hydroxyl groups excluding tert-OH is 1. The number of fused-ring (bicyclic) bond motifs is 6. The first-order valence-electron chi connectivity index (χ1n) is 10.1. The molecule has 1 aromatic carbocycles. The van der Waals surface area contributed by atoms with Crippen LogP contribution in [0.25, 0.3) is 16.3 Å². The van der Waals surface area contributed by atoms with Crippen molar-refractivity contribution in [3.63, 3.8) is 0 Å². The summed E-state index contributed by atoms with van der Waals surface area (Å²) in [6, 6.07) is 3.26. The highest BCUT2D eigenvalue weighted by molar-refractivity contribution is 6.27. The lowest BCUT2D eigenvalue weighted by Gasteiger charge is -2.36. The summed E-state index contributed by atoms with van der Waals surface area (Å²) in [5, 5.41) is 22.6. The number of Topliss-reactive ketones (excluding diaryl/α,β-unsaturated/α-hetero) is 1. The van der Waals surface area contributed by atoms with E-state index < -0.39 is 24.4 Å². The number of carbonyl (C=O) groups excluding carboxylic acids is 2. The molecule has 29 heavy (non-hydrogen) atoms. The number of phenols is 1. The standard InChI is InChI=1S/C22H21NO6/c1-8(24)11-4-5-12-10-3-6-13(25)18-17(10)20(23(11)12)19-16(21(18)27)9(2)28-14-7-15(26)29-22(14)19/h3,6,8-9,11,14,22,24-25H,4-5,7H2,1-2H3. The maximum atomic E-state index is 13.5. The minimum Gasteiger partial charge on any atom is -0.507 e. The minimum absolute atomic E-state index is 0.0640. The predicted octanol–water partition coefficient (Wildman–Crippen LogP) is 2.27. The number of hydrogen-bond donors (Lipinski definition) is 2. The Labute approximate surface area is 166 Å². The van der Waals surface area contributed by atoms with Gasteiger partial charge in [0.05, 0.1) is 35.9 Å². The molecule has 4 heterocycles. The number of ketones is 1. The van der Waals surface area contributed by atoms with Crippen molar-refractivity contribution in [1.29, 1.82) is 0 Å². The zero-order chi connectivity index (χ0) is 20.2. The molecule has 0 spiro atoms. The zero-order valence-electron chi connectivity index (χ0n) is 16.1. The summed E-state index contributed by atoms with van der Waals surface area (Å²) < 4.78 is 13.7. The molecule has 2 aromatic rings. The van der Waals surface area contributed by atoms with Gasteiger partial charge in [-0.25, -0.2) is 0 Å². The monoisotopic (exact) mass is 395 g/mol. The van der Waals surface area contributed by atoms with Gasteiger partial charge in [-0.05, 0) is 38.8 Å². The van der Waals surface area contributed by atoms with Crippen LogP contribution in [0.2, 0.25) is 0 Å². The number of carbonyl (C=O) groups is 2. The maximum absolute atomic E-state index is 13.5. The van der Waals surface area contributed by atoms with Crippen molar-refractivity contribution in [2.24, 2.45) is 0 Å². The minimum atomic E-state index is -0.648. The van der Waals surface area contributed by atoms with Gasteiger partial charge in [0.25, 0.3) is 0 Å². The average molecular weight is 395 g/mol.